The molecule has 0 unspecified atom stereocenters. The van der Waals surface area contributed by atoms with E-state index in [0.29, 0.717) is 0 Å². The lowest BCUT2D eigenvalue weighted by Crippen LogP contribution is -1.74. The molecule has 0 amide bonds. The van der Waals surface area contributed by atoms with E-state index < -0.39 is 0 Å². The van der Waals surface area contributed by atoms with E-state index in [1.807, 2.05) is 37.3 Å². The molecule has 1 nitrogen and oxygen atoms in total. The van der Waals surface area contributed by atoms with Gasteiger partial charge < -0.3 is 0 Å². The first-order valence-electron chi connectivity index (χ1n) is 3.67. The lowest BCUT2D eigenvalue weighted by atomic mass is 10.2. The van der Waals surface area contributed by atoms with Gasteiger partial charge in [-0.1, -0.05) is 28.1 Å². The van der Waals surface area contributed by atoms with Gasteiger partial charge in [0.25, 0.3) is 0 Å². The molecule has 0 N–H and O–H groups in total. The van der Waals surface area contributed by atoms with Gasteiger partial charge >= 0.3 is 0 Å². The molecule has 0 saturated heterocycles. The van der Waals surface area contributed by atoms with Gasteiger partial charge in [0.05, 0.1) is 5.69 Å². The Morgan fingerprint density at radius 2 is 2.25 bits per heavy atom. The van der Waals surface area contributed by atoms with Crippen LogP contribution in [0.2, 0.25) is 0 Å². The van der Waals surface area contributed by atoms with Gasteiger partial charge in [0.2, 0.25) is 0 Å². The third kappa shape index (κ3) is 2.05. The average molecular weight is 224 g/mol. The predicted molar refractivity (Wildman–Crippen MR) is 58.1 cm³/mol. The molecule has 0 heterocycles. The van der Waals surface area contributed by atoms with Crippen LogP contribution in [-0.4, -0.2) is 6.72 Å². The third-order valence-corrected chi connectivity index (χ3v) is 2.00. The van der Waals surface area contributed by atoms with E-state index in [1.165, 1.54) is 0 Å². The second kappa shape index (κ2) is 4.21. The fourth-order valence-electron chi connectivity index (χ4n) is 0.982. The molecule has 0 fully saturated rings. The molecular formula is C10H10BrN. The first-order chi connectivity index (χ1) is 5.77. The highest BCUT2D eigenvalue weighted by molar-refractivity contribution is 9.10. The predicted octanol–water partition coefficient (Wildman–Crippen LogP) is 3.81. The Morgan fingerprint density at radius 1 is 1.50 bits per heavy atom. The number of benzene rings is 1. The maximum atomic E-state index is 3.91. The zero-order valence-corrected chi connectivity index (χ0v) is 8.51. The summed E-state index contributed by atoms with van der Waals surface area (Å²) in [5.41, 5.74) is 2.00. The summed E-state index contributed by atoms with van der Waals surface area (Å²) < 4.78 is 1.06. The molecule has 0 aliphatic heterocycles. The molecule has 12 heavy (non-hydrogen) atoms. The highest BCUT2D eigenvalue weighted by Crippen LogP contribution is 2.24. The number of hydrogen-bond donors (Lipinski definition) is 0. The SMILES string of the molecule is C=Nc1ccc(Br)cc1/C=C\C. The van der Waals surface area contributed by atoms with E-state index >= 15 is 0 Å². The Balaban J connectivity index is 3.20. The molecule has 0 bridgehead atoms. The molecule has 0 spiro atoms. The highest BCUT2D eigenvalue weighted by atomic mass is 79.9. The van der Waals surface area contributed by atoms with E-state index in [0.717, 1.165) is 15.7 Å². The molecule has 0 aliphatic carbocycles. The van der Waals surface area contributed by atoms with Gasteiger partial charge in [-0.15, -0.1) is 0 Å². The zero-order chi connectivity index (χ0) is 8.97. The first-order valence-corrected chi connectivity index (χ1v) is 4.46. The van der Waals surface area contributed by atoms with E-state index in [1.54, 1.807) is 0 Å². The summed E-state index contributed by atoms with van der Waals surface area (Å²) in [6.45, 7) is 5.48. The summed E-state index contributed by atoms with van der Waals surface area (Å²) in [7, 11) is 0. The van der Waals surface area contributed by atoms with Crippen molar-refractivity contribution in [3.8, 4) is 0 Å². The van der Waals surface area contributed by atoms with Crippen LogP contribution in [0, 0.1) is 0 Å². The fraction of sp³-hybridized carbons (Fsp3) is 0.100. The summed E-state index contributed by atoms with van der Waals surface area (Å²) in [5, 5.41) is 0. The van der Waals surface area contributed by atoms with Crippen molar-refractivity contribution in [3.05, 3.63) is 34.3 Å². The molecule has 1 aromatic carbocycles. The van der Waals surface area contributed by atoms with Gasteiger partial charge in [-0.05, 0) is 31.8 Å². The van der Waals surface area contributed by atoms with Crippen LogP contribution < -0.4 is 0 Å². The van der Waals surface area contributed by atoms with Crippen LogP contribution in [0.4, 0.5) is 5.69 Å². The van der Waals surface area contributed by atoms with Gasteiger partial charge in [-0.3, -0.25) is 4.99 Å². The molecule has 1 rings (SSSR count). The smallest absolute Gasteiger partial charge is 0.0695 e. The molecule has 0 aromatic heterocycles. The maximum Gasteiger partial charge on any atom is 0.0695 e. The minimum Gasteiger partial charge on any atom is -0.264 e. The van der Waals surface area contributed by atoms with Gasteiger partial charge in [-0.25, -0.2) is 0 Å². The van der Waals surface area contributed by atoms with E-state index in [9.17, 15) is 0 Å². The summed E-state index contributed by atoms with van der Waals surface area (Å²) in [6, 6.07) is 5.91. The quantitative estimate of drug-likeness (QED) is 0.677. The topological polar surface area (TPSA) is 12.4 Å². The summed E-state index contributed by atoms with van der Waals surface area (Å²) in [6.07, 6.45) is 3.99. The van der Waals surface area contributed by atoms with E-state index in [-0.39, 0.29) is 0 Å². The molecule has 0 aliphatic rings. The first kappa shape index (κ1) is 9.20. The summed E-state index contributed by atoms with van der Waals surface area (Å²) in [5.74, 6) is 0. The van der Waals surface area contributed by atoms with Crippen LogP contribution >= 0.6 is 15.9 Å². The molecule has 62 valence electrons. The number of allylic oxidation sites excluding steroid dienone is 1. The maximum absolute atomic E-state index is 3.91. The van der Waals surface area contributed by atoms with Crippen molar-refractivity contribution in [3.63, 3.8) is 0 Å². The highest BCUT2D eigenvalue weighted by Gasteiger charge is 1.96. The van der Waals surface area contributed by atoms with Gasteiger partial charge in [0, 0.05) is 10.0 Å². The van der Waals surface area contributed by atoms with Crippen LogP contribution in [0.15, 0.2) is 33.7 Å². The molecule has 1 aromatic rings. The van der Waals surface area contributed by atoms with Crippen LogP contribution in [-0.2, 0) is 0 Å². The standard InChI is InChI=1S/C10H10BrN/c1-3-4-8-7-9(11)5-6-10(8)12-2/h3-7H,2H2,1H3/b4-3-. The molecule has 0 radical (unpaired) electrons. The number of halogens is 1. The normalized spacial score (nSPS) is 10.5. The minimum absolute atomic E-state index is 0.913. The Bertz CT molecular complexity index is 316. The molecule has 0 atom stereocenters. The van der Waals surface area contributed by atoms with Crippen molar-refractivity contribution in [2.45, 2.75) is 6.92 Å². The van der Waals surface area contributed by atoms with Crippen molar-refractivity contribution in [1.82, 2.24) is 0 Å². The number of rotatable bonds is 2. The van der Waals surface area contributed by atoms with Crippen molar-refractivity contribution in [2.24, 2.45) is 4.99 Å². The average Bonchev–Trinajstić information content (AvgIpc) is 2.05. The summed E-state index contributed by atoms with van der Waals surface area (Å²) in [4.78, 5) is 3.91. The zero-order valence-electron chi connectivity index (χ0n) is 6.92. The Morgan fingerprint density at radius 3 is 2.83 bits per heavy atom. The summed E-state index contributed by atoms with van der Waals surface area (Å²) >= 11 is 3.40. The van der Waals surface area contributed by atoms with Crippen LogP contribution in [0.3, 0.4) is 0 Å². The van der Waals surface area contributed by atoms with Crippen molar-refractivity contribution >= 4 is 34.4 Å². The lowest BCUT2D eigenvalue weighted by Gasteiger charge is -1.99. The molecular weight excluding hydrogens is 214 g/mol. The number of nitrogens with zero attached hydrogens (tertiary/aromatic N) is 1. The van der Waals surface area contributed by atoms with Gasteiger partial charge in [0.1, 0.15) is 0 Å². The van der Waals surface area contributed by atoms with E-state index in [4.69, 9.17) is 0 Å². The fourth-order valence-corrected chi connectivity index (χ4v) is 1.36. The Hall–Kier alpha value is -0.890. The van der Waals surface area contributed by atoms with Crippen LogP contribution in [0.5, 0.6) is 0 Å². The Labute approximate surface area is 81.0 Å². The van der Waals surface area contributed by atoms with Crippen molar-refractivity contribution in [1.29, 1.82) is 0 Å². The monoisotopic (exact) mass is 223 g/mol. The largest absolute Gasteiger partial charge is 0.264 e. The van der Waals surface area contributed by atoms with Crippen LogP contribution in [0.1, 0.15) is 12.5 Å². The molecule has 2 heteroatoms. The third-order valence-electron chi connectivity index (χ3n) is 1.51. The second-order valence-electron chi connectivity index (χ2n) is 2.36. The lowest BCUT2D eigenvalue weighted by molar-refractivity contribution is 1.50. The van der Waals surface area contributed by atoms with Gasteiger partial charge in [0.15, 0.2) is 0 Å². The van der Waals surface area contributed by atoms with E-state index in [2.05, 4.69) is 27.6 Å². The Kier molecular flexibility index (Phi) is 3.23. The van der Waals surface area contributed by atoms with Crippen molar-refractivity contribution < 1.29 is 0 Å². The molecule has 0 saturated carbocycles. The second-order valence-corrected chi connectivity index (χ2v) is 3.28. The van der Waals surface area contributed by atoms with Crippen molar-refractivity contribution in [2.75, 3.05) is 0 Å². The number of aliphatic imine (C=N–C) groups is 1. The minimum atomic E-state index is 0.913. The van der Waals surface area contributed by atoms with Crippen LogP contribution in [0.25, 0.3) is 6.08 Å². The number of hydrogen-bond acceptors (Lipinski definition) is 1. The van der Waals surface area contributed by atoms with Gasteiger partial charge in [-0.2, -0.15) is 0 Å².